The molecular formula is C23H17ClFN3OS. The number of nitrogens with zero attached hydrogens (tertiary/aromatic N) is 3. The van der Waals surface area contributed by atoms with Gasteiger partial charge in [0, 0.05) is 46.9 Å². The SMILES string of the molecule is N#CC1(c2cc(F)cc(Sc3ccc4c(Cl)cc5nccn5c4c3)c2)CCOCC1. The Kier molecular flexibility index (Phi) is 4.90. The number of hydrogen-bond donors (Lipinski definition) is 0. The van der Waals surface area contributed by atoms with E-state index in [0.29, 0.717) is 31.1 Å². The zero-order valence-electron chi connectivity index (χ0n) is 15.9. The van der Waals surface area contributed by atoms with Gasteiger partial charge in [-0.05, 0) is 48.7 Å². The Morgan fingerprint density at radius 2 is 1.97 bits per heavy atom. The molecule has 2 aromatic carbocycles. The van der Waals surface area contributed by atoms with Gasteiger partial charge < -0.3 is 4.74 Å². The van der Waals surface area contributed by atoms with E-state index in [0.717, 1.165) is 31.9 Å². The van der Waals surface area contributed by atoms with Gasteiger partial charge in [0.05, 0.1) is 22.0 Å². The van der Waals surface area contributed by atoms with E-state index in [4.69, 9.17) is 16.3 Å². The van der Waals surface area contributed by atoms with Gasteiger partial charge in [-0.3, -0.25) is 4.40 Å². The lowest BCUT2D eigenvalue weighted by Crippen LogP contribution is -2.32. The lowest BCUT2D eigenvalue weighted by molar-refractivity contribution is 0.0674. The van der Waals surface area contributed by atoms with E-state index in [9.17, 15) is 9.65 Å². The number of hydrogen-bond acceptors (Lipinski definition) is 4. The largest absolute Gasteiger partial charge is 0.381 e. The van der Waals surface area contributed by atoms with Crippen molar-refractivity contribution < 1.29 is 9.13 Å². The minimum atomic E-state index is -0.699. The summed E-state index contributed by atoms with van der Waals surface area (Å²) < 4.78 is 21.9. The molecule has 1 aliphatic rings. The number of pyridine rings is 1. The topological polar surface area (TPSA) is 50.3 Å². The minimum absolute atomic E-state index is 0.336. The van der Waals surface area contributed by atoms with E-state index in [1.165, 1.54) is 23.9 Å². The number of nitriles is 1. The second-order valence-electron chi connectivity index (χ2n) is 7.41. The maximum Gasteiger partial charge on any atom is 0.138 e. The van der Waals surface area contributed by atoms with Crippen LogP contribution in [0.25, 0.3) is 16.6 Å². The summed E-state index contributed by atoms with van der Waals surface area (Å²) in [4.78, 5) is 6.03. The first-order valence-corrected chi connectivity index (χ1v) is 10.8. The summed E-state index contributed by atoms with van der Waals surface area (Å²) in [7, 11) is 0. The Morgan fingerprint density at radius 1 is 1.13 bits per heavy atom. The van der Waals surface area contributed by atoms with Crippen LogP contribution in [0.5, 0.6) is 0 Å². The van der Waals surface area contributed by atoms with Gasteiger partial charge in [-0.25, -0.2) is 9.37 Å². The summed E-state index contributed by atoms with van der Waals surface area (Å²) in [6.07, 6.45) is 4.78. The third kappa shape index (κ3) is 3.33. The molecular weight excluding hydrogens is 421 g/mol. The molecule has 0 atom stereocenters. The first-order valence-electron chi connectivity index (χ1n) is 9.61. The number of halogens is 2. The summed E-state index contributed by atoms with van der Waals surface area (Å²) in [5.74, 6) is -0.336. The first-order chi connectivity index (χ1) is 14.6. The third-order valence-electron chi connectivity index (χ3n) is 5.63. The fraction of sp³-hybridized carbons (Fsp3) is 0.217. The summed E-state index contributed by atoms with van der Waals surface area (Å²) in [6.45, 7) is 1.03. The molecule has 7 heteroatoms. The Labute approximate surface area is 182 Å². The monoisotopic (exact) mass is 437 g/mol. The highest BCUT2D eigenvalue weighted by Crippen LogP contribution is 2.39. The van der Waals surface area contributed by atoms with Crippen LogP contribution in [0.1, 0.15) is 18.4 Å². The van der Waals surface area contributed by atoms with Gasteiger partial charge in [0.25, 0.3) is 0 Å². The predicted octanol–water partition coefficient (Wildman–Crippen LogP) is 6.00. The number of rotatable bonds is 3. The van der Waals surface area contributed by atoms with Crippen molar-refractivity contribution in [3.8, 4) is 6.07 Å². The number of imidazole rings is 1. The molecule has 1 fully saturated rings. The lowest BCUT2D eigenvalue weighted by atomic mass is 9.75. The Morgan fingerprint density at radius 3 is 2.77 bits per heavy atom. The van der Waals surface area contributed by atoms with Gasteiger partial charge >= 0.3 is 0 Å². The summed E-state index contributed by atoms with van der Waals surface area (Å²) in [6, 6.07) is 15.1. The fourth-order valence-electron chi connectivity index (χ4n) is 4.01. The van der Waals surface area contributed by atoms with Gasteiger partial charge in [0.1, 0.15) is 11.5 Å². The molecule has 150 valence electrons. The van der Waals surface area contributed by atoms with Gasteiger partial charge in [-0.2, -0.15) is 5.26 Å². The molecule has 0 N–H and O–H groups in total. The molecule has 30 heavy (non-hydrogen) atoms. The highest BCUT2D eigenvalue weighted by molar-refractivity contribution is 7.99. The molecule has 4 aromatic rings. The number of ether oxygens (including phenoxy) is 1. The molecule has 3 heterocycles. The maximum atomic E-state index is 14.5. The Balaban J connectivity index is 1.55. The average molecular weight is 438 g/mol. The molecule has 5 rings (SSSR count). The second-order valence-corrected chi connectivity index (χ2v) is 8.96. The van der Waals surface area contributed by atoms with E-state index in [2.05, 4.69) is 11.1 Å². The van der Waals surface area contributed by atoms with E-state index in [-0.39, 0.29) is 5.82 Å². The molecule has 0 radical (unpaired) electrons. The van der Waals surface area contributed by atoms with E-state index < -0.39 is 5.41 Å². The van der Waals surface area contributed by atoms with Crippen molar-refractivity contribution in [2.75, 3.05) is 13.2 Å². The van der Waals surface area contributed by atoms with Crippen molar-refractivity contribution in [3.63, 3.8) is 0 Å². The van der Waals surface area contributed by atoms with E-state index in [1.54, 1.807) is 6.20 Å². The number of aromatic nitrogens is 2. The third-order valence-corrected chi connectivity index (χ3v) is 6.90. The summed E-state index contributed by atoms with van der Waals surface area (Å²) >= 11 is 7.88. The standard InChI is InChI=1S/C23H17ClFN3OS/c24-20-13-22-27-5-6-28(22)21-12-17(1-2-19(20)21)30-18-10-15(9-16(25)11-18)23(14-26)3-7-29-8-4-23/h1-2,5-6,9-13H,3-4,7-8H2. The lowest BCUT2D eigenvalue weighted by Gasteiger charge is -2.31. The first kappa shape index (κ1) is 19.4. The van der Waals surface area contributed by atoms with Gasteiger partial charge in [0.2, 0.25) is 0 Å². The van der Waals surface area contributed by atoms with Crippen molar-refractivity contribution in [2.24, 2.45) is 0 Å². The molecule has 4 nitrogen and oxygen atoms in total. The minimum Gasteiger partial charge on any atom is -0.381 e. The van der Waals surface area contributed by atoms with E-state index in [1.807, 2.05) is 40.9 Å². The van der Waals surface area contributed by atoms with Crippen molar-refractivity contribution in [1.82, 2.24) is 9.38 Å². The molecule has 0 saturated carbocycles. The summed E-state index contributed by atoms with van der Waals surface area (Å²) in [5, 5.41) is 11.4. The van der Waals surface area contributed by atoms with Crippen molar-refractivity contribution >= 4 is 39.9 Å². The van der Waals surface area contributed by atoms with Crippen molar-refractivity contribution in [3.05, 3.63) is 71.3 Å². The normalized spacial score (nSPS) is 16.0. The molecule has 0 spiro atoms. The molecule has 0 amide bonds. The fourth-order valence-corrected chi connectivity index (χ4v) is 5.21. The van der Waals surface area contributed by atoms with Gasteiger partial charge in [0.15, 0.2) is 0 Å². The van der Waals surface area contributed by atoms with Crippen LogP contribution in [0.3, 0.4) is 0 Å². The van der Waals surface area contributed by atoms with Crippen molar-refractivity contribution in [2.45, 2.75) is 28.0 Å². The molecule has 0 bridgehead atoms. The second kappa shape index (κ2) is 7.59. The molecule has 2 aromatic heterocycles. The van der Waals surface area contributed by atoms with Crippen LogP contribution < -0.4 is 0 Å². The molecule has 0 aliphatic carbocycles. The van der Waals surface area contributed by atoms with Crippen LogP contribution in [0, 0.1) is 17.1 Å². The molecule has 1 saturated heterocycles. The van der Waals surface area contributed by atoms with Gasteiger partial charge in [-0.15, -0.1) is 0 Å². The summed E-state index contributed by atoms with van der Waals surface area (Å²) in [5.41, 5.74) is 1.74. The number of benzene rings is 2. The Bertz CT molecular complexity index is 1310. The Hall–Kier alpha value is -2.59. The average Bonchev–Trinajstić information content (AvgIpc) is 3.22. The van der Waals surface area contributed by atoms with Crippen LogP contribution >= 0.6 is 23.4 Å². The maximum absolute atomic E-state index is 14.5. The van der Waals surface area contributed by atoms with Crippen LogP contribution in [-0.2, 0) is 10.2 Å². The molecule has 0 unspecified atom stereocenters. The van der Waals surface area contributed by atoms with Crippen LogP contribution in [0.15, 0.2) is 64.6 Å². The van der Waals surface area contributed by atoms with Crippen molar-refractivity contribution in [1.29, 1.82) is 5.26 Å². The number of fused-ring (bicyclic) bond motifs is 3. The quantitative estimate of drug-likeness (QED) is 0.394. The van der Waals surface area contributed by atoms with Crippen LogP contribution in [-0.4, -0.2) is 22.6 Å². The zero-order chi connectivity index (χ0) is 20.7. The van der Waals surface area contributed by atoms with Crippen LogP contribution in [0.2, 0.25) is 5.02 Å². The predicted molar refractivity (Wildman–Crippen MR) is 116 cm³/mol. The molecule has 1 aliphatic heterocycles. The van der Waals surface area contributed by atoms with Gasteiger partial charge in [-0.1, -0.05) is 29.4 Å². The van der Waals surface area contributed by atoms with E-state index >= 15 is 0 Å². The van der Waals surface area contributed by atoms with Crippen LogP contribution in [0.4, 0.5) is 4.39 Å². The highest BCUT2D eigenvalue weighted by atomic mass is 35.5. The zero-order valence-corrected chi connectivity index (χ0v) is 17.5. The highest BCUT2D eigenvalue weighted by Gasteiger charge is 2.35. The smallest absolute Gasteiger partial charge is 0.138 e.